The molecule has 6 nitrogen and oxygen atoms in total. The standard InChI is InChI=1S/CH4.H5NO5P2/c;1-8(4,5)6-7(2)3/h1H4;7H,(H,2,3)(H3,1,4,5). The topological polar surface area (TPSA) is 110 Å². The summed E-state index contributed by atoms with van der Waals surface area (Å²) in [6.07, 6.45) is 0. The van der Waals surface area contributed by atoms with Crippen LogP contribution in [0.2, 0.25) is 0 Å². The van der Waals surface area contributed by atoms with Crippen molar-refractivity contribution in [2.75, 3.05) is 0 Å². The number of hydrogen-bond donors (Lipinski definition) is 3. The van der Waals surface area contributed by atoms with Gasteiger partial charge in [0.2, 0.25) is 0 Å². The van der Waals surface area contributed by atoms with Crippen molar-refractivity contribution >= 4 is 16.0 Å². The molecule has 0 saturated carbocycles. The van der Waals surface area contributed by atoms with Gasteiger partial charge in [0, 0.05) is 0 Å². The summed E-state index contributed by atoms with van der Waals surface area (Å²) in [4.78, 5) is 15.8. The fraction of sp³-hybridized carbons (Fsp3) is 1.00. The van der Waals surface area contributed by atoms with Gasteiger partial charge < -0.3 is 9.79 Å². The van der Waals surface area contributed by atoms with Crippen molar-refractivity contribution in [3.63, 3.8) is 0 Å². The van der Waals surface area contributed by atoms with Crippen molar-refractivity contribution in [1.29, 1.82) is 0 Å². The molecule has 0 aromatic heterocycles. The van der Waals surface area contributed by atoms with Crippen LogP contribution in [-0.2, 0) is 13.4 Å². The second-order valence-corrected chi connectivity index (χ2v) is 3.31. The van der Waals surface area contributed by atoms with Crippen LogP contribution in [0.1, 0.15) is 7.43 Å². The van der Waals surface area contributed by atoms with E-state index in [9.17, 15) is 9.13 Å². The molecule has 8 heteroatoms. The minimum absolute atomic E-state index is 0. The first-order valence-electron chi connectivity index (χ1n) is 1.46. The van der Waals surface area contributed by atoms with Gasteiger partial charge in [0.15, 0.2) is 0 Å². The molecule has 9 heavy (non-hydrogen) atoms. The first-order chi connectivity index (χ1) is 3.42. The van der Waals surface area contributed by atoms with E-state index in [2.05, 4.69) is 9.81 Å². The highest BCUT2D eigenvalue weighted by molar-refractivity contribution is 7.57. The van der Waals surface area contributed by atoms with Gasteiger partial charge >= 0.3 is 16.0 Å². The summed E-state index contributed by atoms with van der Waals surface area (Å²) in [7, 11) is -7.62. The maximum Gasteiger partial charge on any atom is 0.407 e. The molecular formula is CH9NO5P2. The molecule has 2 unspecified atom stereocenters. The lowest BCUT2D eigenvalue weighted by Crippen LogP contribution is -1.91. The van der Waals surface area contributed by atoms with Crippen LogP contribution in [0.5, 0.6) is 0 Å². The highest BCUT2D eigenvalue weighted by Gasteiger charge is 2.13. The van der Waals surface area contributed by atoms with Crippen molar-refractivity contribution in [1.82, 2.24) is 0 Å². The quantitative estimate of drug-likeness (QED) is 0.515. The Balaban J connectivity index is 0. The van der Waals surface area contributed by atoms with Gasteiger partial charge in [0.05, 0.1) is 0 Å². The minimum atomic E-state index is -4.24. The number of rotatable bonds is 2. The molecule has 0 heterocycles. The summed E-state index contributed by atoms with van der Waals surface area (Å²) in [6, 6.07) is 0. The summed E-state index contributed by atoms with van der Waals surface area (Å²) >= 11 is 0. The van der Waals surface area contributed by atoms with Gasteiger partial charge in [-0.05, 0) is 0 Å². The molecule has 0 amide bonds. The van der Waals surface area contributed by atoms with Crippen LogP contribution in [0.4, 0.5) is 0 Å². The maximum atomic E-state index is 9.80. The molecule has 0 aliphatic carbocycles. The van der Waals surface area contributed by atoms with E-state index in [0.29, 0.717) is 0 Å². The van der Waals surface area contributed by atoms with E-state index in [-0.39, 0.29) is 7.43 Å². The third-order valence-corrected chi connectivity index (χ3v) is 1.88. The molecule has 2 atom stereocenters. The Bertz CT molecular complexity index is 138. The molecule has 0 radical (unpaired) electrons. The Morgan fingerprint density at radius 1 is 1.67 bits per heavy atom. The molecule has 4 N–H and O–H groups in total. The van der Waals surface area contributed by atoms with Crippen molar-refractivity contribution in [2.45, 2.75) is 7.43 Å². The Labute approximate surface area is 53.2 Å². The number of nitrogens with two attached hydrogens (primary N) is 1. The van der Waals surface area contributed by atoms with Crippen molar-refractivity contribution in [3.05, 3.63) is 0 Å². The lowest BCUT2D eigenvalue weighted by atomic mass is 12.0. The highest BCUT2D eigenvalue weighted by atomic mass is 31.2. The molecule has 0 spiro atoms. The predicted octanol–water partition coefficient (Wildman–Crippen LogP) is 0.0802. The first kappa shape index (κ1) is 12.0. The molecular weight excluding hydrogens is 168 g/mol. The Hall–Kier alpha value is 0.300. The third kappa shape index (κ3) is 11.7. The van der Waals surface area contributed by atoms with E-state index >= 15 is 0 Å². The van der Waals surface area contributed by atoms with E-state index in [4.69, 9.17) is 9.79 Å². The second-order valence-electron chi connectivity index (χ2n) is 0.921. The van der Waals surface area contributed by atoms with Gasteiger partial charge in [-0.1, -0.05) is 7.43 Å². The Morgan fingerprint density at radius 3 is 2.00 bits per heavy atom. The van der Waals surface area contributed by atoms with Crippen molar-refractivity contribution < 1.29 is 23.2 Å². The Kier molecular flexibility index (Phi) is 5.57. The first-order valence-corrected chi connectivity index (χ1v) is 4.37. The molecule has 0 aromatic carbocycles. The lowest BCUT2D eigenvalue weighted by molar-refractivity contribution is 0.351. The molecule has 0 aliphatic rings. The van der Waals surface area contributed by atoms with Crippen LogP contribution in [0, 0.1) is 0 Å². The molecule has 58 valence electrons. The normalized spacial score (nSPS) is 19.4. The average Bonchev–Trinajstić information content (AvgIpc) is 1.21. The summed E-state index contributed by atoms with van der Waals surface area (Å²) in [5, 5.41) is 0. The summed E-state index contributed by atoms with van der Waals surface area (Å²) < 4.78 is 22.8. The van der Waals surface area contributed by atoms with Crippen LogP contribution < -0.4 is 5.50 Å². The average molecular weight is 177 g/mol. The van der Waals surface area contributed by atoms with E-state index in [1.54, 1.807) is 0 Å². The van der Waals surface area contributed by atoms with Crippen LogP contribution in [0.25, 0.3) is 0 Å². The zero-order valence-electron chi connectivity index (χ0n) is 3.64. The molecule has 0 saturated heterocycles. The zero-order chi connectivity index (χ0) is 6.78. The molecule has 0 aromatic rings. The van der Waals surface area contributed by atoms with E-state index < -0.39 is 16.0 Å². The summed E-state index contributed by atoms with van der Waals surface area (Å²) in [5.74, 6) is 0. The van der Waals surface area contributed by atoms with Crippen molar-refractivity contribution in [2.24, 2.45) is 5.50 Å². The molecule has 0 rings (SSSR count). The van der Waals surface area contributed by atoms with Crippen LogP contribution in [0.15, 0.2) is 0 Å². The van der Waals surface area contributed by atoms with Crippen molar-refractivity contribution in [3.8, 4) is 0 Å². The van der Waals surface area contributed by atoms with Gasteiger partial charge in [0.25, 0.3) is 0 Å². The smallest absolute Gasteiger partial charge is 0.326 e. The van der Waals surface area contributed by atoms with E-state index in [0.717, 1.165) is 0 Å². The van der Waals surface area contributed by atoms with Gasteiger partial charge in [-0.15, -0.1) is 0 Å². The SMILES string of the molecule is C.NP(=O)(O)O[PH](=O)O. The minimum Gasteiger partial charge on any atom is -0.326 e. The fourth-order valence-corrected chi connectivity index (χ4v) is 1.01. The van der Waals surface area contributed by atoms with E-state index in [1.165, 1.54) is 0 Å². The zero-order valence-corrected chi connectivity index (χ0v) is 5.54. The lowest BCUT2D eigenvalue weighted by Gasteiger charge is -1.99. The van der Waals surface area contributed by atoms with Gasteiger partial charge in [-0.2, -0.15) is 0 Å². The van der Waals surface area contributed by atoms with Gasteiger partial charge in [-0.25, -0.2) is 14.4 Å². The fourth-order valence-electron chi connectivity index (χ4n) is 0.112. The Morgan fingerprint density at radius 2 is 2.00 bits per heavy atom. The predicted molar refractivity (Wildman–Crippen MR) is 33.0 cm³/mol. The highest BCUT2D eigenvalue weighted by Crippen LogP contribution is 2.41. The monoisotopic (exact) mass is 177 g/mol. The van der Waals surface area contributed by atoms with Crippen LogP contribution >= 0.6 is 16.0 Å². The molecule has 0 bridgehead atoms. The van der Waals surface area contributed by atoms with Crippen LogP contribution in [-0.4, -0.2) is 9.79 Å². The number of hydrogen-bond acceptors (Lipinski definition) is 3. The third-order valence-electron chi connectivity index (χ3n) is 0.209. The van der Waals surface area contributed by atoms with Gasteiger partial charge in [-0.3, -0.25) is 4.57 Å². The van der Waals surface area contributed by atoms with E-state index in [1.807, 2.05) is 0 Å². The largest absolute Gasteiger partial charge is 0.407 e. The summed E-state index contributed by atoms with van der Waals surface area (Å²) in [6.45, 7) is 0. The van der Waals surface area contributed by atoms with Gasteiger partial charge in [0.1, 0.15) is 0 Å². The van der Waals surface area contributed by atoms with Crippen LogP contribution in [0.3, 0.4) is 0 Å². The summed E-state index contributed by atoms with van der Waals surface area (Å²) in [5.41, 5.74) is 4.29. The molecule has 0 fully saturated rings. The maximum absolute atomic E-state index is 9.80. The molecule has 0 aliphatic heterocycles. The second kappa shape index (κ2) is 4.17.